The van der Waals surface area contributed by atoms with Crippen molar-refractivity contribution >= 4 is 11.8 Å². The molecule has 0 aliphatic rings. The summed E-state index contributed by atoms with van der Waals surface area (Å²) in [4.78, 5) is 1.32. The molecule has 0 unspecified atom stereocenters. The highest BCUT2D eigenvalue weighted by Crippen LogP contribution is 2.16. The van der Waals surface area contributed by atoms with Crippen molar-refractivity contribution < 1.29 is 4.74 Å². The average molecular weight is 253 g/mol. The van der Waals surface area contributed by atoms with E-state index < -0.39 is 0 Å². The van der Waals surface area contributed by atoms with E-state index in [0.29, 0.717) is 6.04 Å². The largest absolute Gasteiger partial charge is 0.381 e. The monoisotopic (exact) mass is 253 g/mol. The van der Waals surface area contributed by atoms with Gasteiger partial charge in [0.15, 0.2) is 0 Å². The van der Waals surface area contributed by atoms with Crippen molar-refractivity contribution in [3.63, 3.8) is 0 Å². The van der Waals surface area contributed by atoms with Gasteiger partial charge >= 0.3 is 0 Å². The van der Waals surface area contributed by atoms with Crippen LogP contribution < -0.4 is 5.32 Å². The molecule has 0 saturated carbocycles. The molecular weight excluding hydrogens is 230 g/mol. The van der Waals surface area contributed by atoms with Crippen LogP contribution in [0.15, 0.2) is 35.2 Å². The topological polar surface area (TPSA) is 21.3 Å². The van der Waals surface area contributed by atoms with E-state index in [1.165, 1.54) is 4.90 Å². The number of hydrogen-bond donors (Lipinski definition) is 1. The van der Waals surface area contributed by atoms with Crippen molar-refractivity contribution in [2.45, 2.75) is 31.2 Å². The number of benzene rings is 1. The second-order valence-corrected chi connectivity index (χ2v) is 5.40. The van der Waals surface area contributed by atoms with Gasteiger partial charge in [-0.05, 0) is 25.1 Å². The minimum absolute atomic E-state index is 0.573. The second-order valence-electron chi connectivity index (χ2n) is 4.24. The normalized spacial score (nSPS) is 11.0. The van der Waals surface area contributed by atoms with Crippen molar-refractivity contribution in [3.8, 4) is 0 Å². The Kier molecular flexibility index (Phi) is 8.14. The highest BCUT2D eigenvalue weighted by molar-refractivity contribution is 7.99. The smallest absolute Gasteiger partial charge is 0.0560 e. The number of rotatable bonds is 9. The first-order valence-electron chi connectivity index (χ1n) is 6.28. The number of hydrogen-bond acceptors (Lipinski definition) is 3. The molecule has 0 aliphatic heterocycles. The predicted molar refractivity (Wildman–Crippen MR) is 75.7 cm³/mol. The Morgan fingerprint density at radius 1 is 1.18 bits per heavy atom. The maximum Gasteiger partial charge on any atom is 0.0560 e. The van der Waals surface area contributed by atoms with Crippen LogP contribution in [0.2, 0.25) is 0 Å². The third kappa shape index (κ3) is 8.25. The molecule has 0 fully saturated rings. The molecule has 96 valence electrons. The standard InChI is InChI=1S/C14H23NOS/c1-13(2)15-9-6-10-16-11-12-17-14-7-4-3-5-8-14/h3-5,7-8,13,15H,6,9-12H2,1-2H3. The van der Waals surface area contributed by atoms with E-state index in [1.54, 1.807) is 0 Å². The van der Waals surface area contributed by atoms with Crippen molar-refractivity contribution in [2.24, 2.45) is 0 Å². The minimum atomic E-state index is 0.573. The molecule has 0 spiro atoms. The molecule has 1 aromatic carbocycles. The Hall–Kier alpha value is -0.510. The summed E-state index contributed by atoms with van der Waals surface area (Å²) in [6, 6.07) is 11.0. The Morgan fingerprint density at radius 2 is 1.94 bits per heavy atom. The molecule has 2 nitrogen and oxygen atoms in total. The molecule has 0 aromatic heterocycles. The zero-order chi connectivity index (χ0) is 12.3. The zero-order valence-corrected chi connectivity index (χ0v) is 11.6. The first-order valence-corrected chi connectivity index (χ1v) is 7.26. The third-order valence-corrected chi connectivity index (χ3v) is 3.23. The number of nitrogens with one attached hydrogen (secondary N) is 1. The molecule has 0 aliphatic carbocycles. The summed E-state index contributed by atoms with van der Waals surface area (Å²) in [7, 11) is 0. The summed E-state index contributed by atoms with van der Waals surface area (Å²) >= 11 is 1.85. The lowest BCUT2D eigenvalue weighted by molar-refractivity contribution is 0.147. The van der Waals surface area contributed by atoms with Gasteiger partial charge in [-0.1, -0.05) is 32.0 Å². The van der Waals surface area contributed by atoms with E-state index in [1.807, 2.05) is 17.8 Å². The third-order valence-electron chi connectivity index (χ3n) is 2.26. The van der Waals surface area contributed by atoms with Gasteiger partial charge in [0.05, 0.1) is 6.61 Å². The minimum Gasteiger partial charge on any atom is -0.381 e. The Labute approximate surface area is 109 Å². The quantitative estimate of drug-likeness (QED) is 0.539. The molecule has 0 atom stereocenters. The van der Waals surface area contributed by atoms with E-state index in [4.69, 9.17) is 4.74 Å². The number of ether oxygens (including phenoxy) is 1. The highest BCUT2D eigenvalue weighted by Gasteiger charge is 1.94. The van der Waals surface area contributed by atoms with Gasteiger partial charge in [0.25, 0.3) is 0 Å². The molecule has 1 N–H and O–H groups in total. The molecule has 1 rings (SSSR count). The lowest BCUT2D eigenvalue weighted by Crippen LogP contribution is -2.24. The molecular formula is C14H23NOS. The van der Waals surface area contributed by atoms with Gasteiger partial charge in [-0.25, -0.2) is 0 Å². The van der Waals surface area contributed by atoms with Gasteiger partial charge in [0.2, 0.25) is 0 Å². The van der Waals surface area contributed by atoms with Crippen LogP contribution in [0.25, 0.3) is 0 Å². The summed E-state index contributed by atoms with van der Waals surface area (Å²) in [5.74, 6) is 1.03. The van der Waals surface area contributed by atoms with Crippen LogP contribution >= 0.6 is 11.8 Å². The summed E-state index contributed by atoms with van der Waals surface area (Å²) < 4.78 is 5.58. The Morgan fingerprint density at radius 3 is 2.65 bits per heavy atom. The van der Waals surface area contributed by atoms with E-state index in [-0.39, 0.29) is 0 Å². The lowest BCUT2D eigenvalue weighted by atomic mass is 10.3. The van der Waals surface area contributed by atoms with E-state index in [0.717, 1.165) is 31.9 Å². The van der Waals surface area contributed by atoms with Crippen LogP contribution in [0.3, 0.4) is 0 Å². The van der Waals surface area contributed by atoms with Gasteiger partial charge in [-0.2, -0.15) is 0 Å². The van der Waals surface area contributed by atoms with Crippen LogP contribution in [0.4, 0.5) is 0 Å². The molecule has 0 amide bonds. The Balaban J connectivity index is 1.88. The molecule has 0 heterocycles. The lowest BCUT2D eigenvalue weighted by Gasteiger charge is -2.08. The summed E-state index contributed by atoms with van der Waals surface area (Å²) in [6.45, 7) is 7.06. The number of thioether (sulfide) groups is 1. The van der Waals surface area contributed by atoms with Gasteiger partial charge in [0, 0.05) is 23.3 Å². The van der Waals surface area contributed by atoms with Gasteiger partial charge in [-0.15, -0.1) is 11.8 Å². The van der Waals surface area contributed by atoms with E-state index in [2.05, 4.69) is 43.4 Å². The maximum atomic E-state index is 5.58. The molecule has 0 radical (unpaired) electrons. The molecule has 17 heavy (non-hydrogen) atoms. The molecule has 1 aromatic rings. The van der Waals surface area contributed by atoms with Crippen molar-refractivity contribution in [1.29, 1.82) is 0 Å². The van der Waals surface area contributed by atoms with Gasteiger partial charge in [0.1, 0.15) is 0 Å². The first kappa shape index (κ1) is 14.6. The van der Waals surface area contributed by atoms with Gasteiger partial charge in [-0.3, -0.25) is 0 Å². The first-order chi connectivity index (χ1) is 8.29. The van der Waals surface area contributed by atoms with Crippen LogP contribution in [-0.2, 0) is 4.74 Å². The van der Waals surface area contributed by atoms with Crippen LogP contribution in [0.5, 0.6) is 0 Å². The van der Waals surface area contributed by atoms with E-state index >= 15 is 0 Å². The van der Waals surface area contributed by atoms with Crippen LogP contribution in [-0.4, -0.2) is 31.6 Å². The van der Waals surface area contributed by atoms with Crippen molar-refractivity contribution in [1.82, 2.24) is 5.32 Å². The fraction of sp³-hybridized carbons (Fsp3) is 0.571. The van der Waals surface area contributed by atoms with Crippen molar-refractivity contribution in [3.05, 3.63) is 30.3 Å². The molecule has 0 saturated heterocycles. The zero-order valence-electron chi connectivity index (χ0n) is 10.8. The fourth-order valence-electron chi connectivity index (χ4n) is 1.40. The highest BCUT2D eigenvalue weighted by atomic mass is 32.2. The van der Waals surface area contributed by atoms with Gasteiger partial charge < -0.3 is 10.1 Å². The summed E-state index contributed by atoms with van der Waals surface area (Å²) in [6.07, 6.45) is 1.09. The van der Waals surface area contributed by atoms with E-state index in [9.17, 15) is 0 Å². The van der Waals surface area contributed by atoms with Crippen LogP contribution in [0.1, 0.15) is 20.3 Å². The SMILES string of the molecule is CC(C)NCCCOCCSc1ccccc1. The average Bonchev–Trinajstić information content (AvgIpc) is 2.33. The molecule has 0 bridgehead atoms. The second kappa shape index (κ2) is 9.51. The predicted octanol–water partition coefficient (Wildman–Crippen LogP) is 3.18. The van der Waals surface area contributed by atoms with Crippen LogP contribution in [0, 0.1) is 0 Å². The fourth-order valence-corrected chi connectivity index (χ4v) is 2.19. The Bertz CT molecular complexity index is 277. The van der Waals surface area contributed by atoms with Crippen molar-refractivity contribution in [2.75, 3.05) is 25.5 Å². The summed E-state index contributed by atoms with van der Waals surface area (Å²) in [5.41, 5.74) is 0. The summed E-state index contributed by atoms with van der Waals surface area (Å²) in [5, 5.41) is 3.38. The maximum absolute atomic E-state index is 5.58. The molecule has 3 heteroatoms.